The summed E-state index contributed by atoms with van der Waals surface area (Å²) in [6, 6.07) is 54.5. The van der Waals surface area contributed by atoms with Crippen LogP contribution in [-0.4, -0.2) is 19.9 Å². The molecule has 4 heterocycles. The van der Waals surface area contributed by atoms with Gasteiger partial charge in [0, 0.05) is 57.0 Å². The van der Waals surface area contributed by atoms with Gasteiger partial charge in [0.25, 0.3) is 0 Å². The van der Waals surface area contributed by atoms with Gasteiger partial charge in [0.15, 0.2) is 23.1 Å². The molecular formula is C46H26N4OS2. The van der Waals surface area contributed by atoms with E-state index in [4.69, 9.17) is 24.4 Å². The van der Waals surface area contributed by atoms with E-state index < -0.39 is 0 Å². The van der Waals surface area contributed by atoms with Crippen LogP contribution in [0.5, 0.6) is 0 Å². The van der Waals surface area contributed by atoms with Gasteiger partial charge in [-0.05, 0) is 47.5 Å². The number of oxazole rings is 1. The topological polar surface area (TPSA) is 64.7 Å². The van der Waals surface area contributed by atoms with E-state index in [2.05, 4.69) is 115 Å². The molecule has 11 rings (SSSR count). The maximum atomic E-state index is 6.25. The number of nitrogens with zero attached hydrogens (tertiary/aromatic N) is 4. The van der Waals surface area contributed by atoms with E-state index in [1.807, 2.05) is 53.8 Å². The molecule has 0 aliphatic rings. The van der Waals surface area contributed by atoms with Crippen LogP contribution in [0.25, 0.3) is 108 Å². The van der Waals surface area contributed by atoms with Gasteiger partial charge >= 0.3 is 0 Å². The second kappa shape index (κ2) is 12.0. The van der Waals surface area contributed by atoms with Crippen LogP contribution < -0.4 is 0 Å². The fourth-order valence-corrected chi connectivity index (χ4v) is 9.80. The average Bonchev–Trinajstić information content (AvgIpc) is 3.94. The van der Waals surface area contributed by atoms with Gasteiger partial charge in [-0.3, -0.25) is 0 Å². The quantitative estimate of drug-likeness (QED) is 0.178. The van der Waals surface area contributed by atoms with Gasteiger partial charge in [-0.15, -0.1) is 22.7 Å². The fraction of sp³-hybridized carbons (Fsp3) is 0. The first-order valence-corrected chi connectivity index (χ1v) is 19.0. The van der Waals surface area contributed by atoms with Crippen LogP contribution in [0.3, 0.4) is 0 Å². The van der Waals surface area contributed by atoms with Crippen LogP contribution in [0.2, 0.25) is 0 Å². The Morgan fingerprint density at radius 2 is 1.00 bits per heavy atom. The van der Waals surface area contributed by atoms with Gasteiger partial charge in [0.2, 0.25) is 5.89 Å². The third-order valence-corrected chi connectivity index (χ3v) is 12.2. The first-order chi connectivity index (χ1) is 26.2. The third-order valence-electron chi connectivity index (χ3n) is 9.79. The predicted octanol–water partition coefficient (Wildman–Crippen LogP) is 13.1. The maximum Gasteiger partial charge on any atom is 0.228 e. The van der Waals surface area contributed by atoms with E-state index in [0.29, 0.717) is 23.4 Å². The summed E-state index contributed by atoms with van der Waals surface area (Å²) in [5, 5.41) is 4.78. The second-order valence-electron chi connectivity index (χ2n) is 13.0. The zero-order valence-corrected chi connectivity index (χ0v) is 29.7. The highest BCUT2D eigenvalue weighted by Gasteiger charge is 2.20. The largest absolute Gasteiger partial charge is 0.436 e. The summed E-state index contributed by atoms with van der Waals surface area (Å²) >= 11 is 3.57. The van der Waals surface area contributed by atoms with Crippen molar-refractivity contribution >= 4 is 74.1 Å². The van der Waals surface area contributed by atoms with E-state index in [1.165, 1.54) is 25.7 Å². The first kappa shape index (κ1) is 30.1. The number of para-hydroxylation sites is 2. The average molecular weight is 715 g/mol. The van der Waals surface area contributed by atoms with E-state index in [1.54, 1.807) is 11.3 Å². The Morgan fingerprint density at radius 3 is 1.91 bits per heavy atom. The first-order valence-electron chi connectivity index (χ1n) is 17.4. The molecule has 0 saturated carbocycles. The fourth-order valence-electron chi connectivity index (χ4n) is 7.33. The molecule has 0 aliphatic carbocycles. The van der Waals surface area contributed by atoms with Gasteiger partial charge in [-0.1, -0.05) is 121 Å². The van der Waals surface area contributed by atoms with E-state index in [0.717, 1.165) is 59.1 Å². The minimum atomic E-state index is 0.616. The second-order valence-corrected chi connectivity index (χ2v) is 15.1. The van der Waals surface area contributed by atoms with Crippen molar-refractivity contribution in [2.45, 2.75) is 0 Å². The van der Waals surface area contributed by atoms with E-state index in [-0.39, 0.29) is 0 Å². The molecule has 0 aliphatic heterocycles. The van der Waals surface area contributed by atoms with Crippen LogP contribution in [-0.2, 0) is 0 Å². The van der Waals surface area contributed by atoms with E-state index in [9.17, 15) is 0 Å². The van der Waals surface area contributed by atoms with Crippen molar-refractivity contribution in [2.75, 3.05) is 0 Å². The predicted molar refractivity (Wildman–Crippen MR) is 220 cm³/mol. The highest BCUT2D eigenvalue weighted by atomic mass is 32.1. The number of aromatic nitrogens is 4. The van der Waals surface area contributed by atoms with Crippen molar-refractivity contribution in [3.05, 3.63) is 158 Å². The number of rotatable bonds is 5. The van der Waals surface area contributed by atoms with Crippen molar-refractivity contribution in [3.63, 3.8) is 0 Å². The third kappa shape index (κ3) is 4.97. The number of thiophene rings is 2. The molecule has 0 bridgehead atoms. The summed E-state index contributed by atoms with van der Waals surface area (Å²) in [5.74, 6) is 2.50. The van der Waals surface area contributed by atoms with Gasteiger partial charge in [0.05, 0.1) is 5.56 Å². The molecule has 11 aromatic rings. The molecule has 0 N–H and O–H groups in total. The van der Waals surface area contributed by atoms with Crippen LogP contribution in [0.15, 0.2) is 162 Å². The minimum Gasteiger partial charge on any atom is -0.436 e. The highest BCUT2D eigenvalue weighted by molar-refractivity contribution is 7.26. The molecule has 5 nitrogen and oxygen atoms in total. The van der Waals surface area contributed by atoms with Gasteiger partial charge in [-0.25, -0.2) is 19.9 Å². The van der Waals surface area contributed by atoms with Crippen LogP contribution in [0.1, 0.15) is 0 Å². The van der Waals surface area contributed by atoms with Crippen molar-refractivity contribution in [1.82, 2.24) is 19.9 Å². The maximum absolute atomic E-state index is 6.25. The molecular weight excluding hydrogens is 689 g/mol. The molecule has 0 spiro atoms. The van der Waals surface area contributed by atoms with Crippen molar-refractivity contribution in [2.24, 2.45) is 0 Å². The Hall–Kier alpha value is -6.54. The van der Waals surface area contributed by atoms with Crippen LogP contribution >= 0.6 is 22.7 Å². The summed E-state index contributed by atoms with van der Waals surface area (Å²) < 4.78 is 11.1. The molecule has 0 radical (unpaired) electrons. The lowest BCUT2D eigenvalue weighted by molar-refractivity contribution is 0.621. The molecule has 4 aromatic heterocycles. The van der Waals surface area contributed by atoms with Gasteiger partial charge in [-0.2, -0.15) is 0 Å². The summed E-state index contributed by atoms with van der Waals surface area (Å²) in [4.78, 5) is 20.3. The molecule has 0 fully saturated rings. The van der Waals surface area contributed by atoms with Crippen LogP contribution in [0.4, 0.5) is 0 Å². The van der Waals surface area contributed by atoms with Crippen molar-refractivity contribution in [1.29, 1.82) is 0 Å². The molecule has 7 heteroatoms. The summed E-state index contributed by atoms with van der Waals surface area (Å²) in [7, 11) is 0. The highest BCUT2D eigenvalue weighted by Crippen LogP contribution is 2.44. The van der Waals surface area contributed by atoms with Crippen molar-refractivity contribution in [3.8, 4) is 56.7 Å². The number of hydrogen-bond donors (Lipinski definition) is 0. The summed E-state index contributed by atoms with van der Waals surface area (Å²) in [6.45, 7) is 0. The standard InChI is InChI=1S/C46H26N4OS2/c1-2-12-27(13-3-1)43-48-44(29-15-8-14-28(26-29)30-17-9-18-32-31-16-4-7-24-38(31)52-41(30)32)50-45(49-43)34-20-11-25-39-40(34)33-19-10-21-35(42(33)53-39)46-47-36-22-5-6-23-37(36)51-46/h1-26H. The number of fused-ring (bicyclic) bond motifs is 7. The Balaban J connectivity index is 1.10. The SMILES string of the molecule is c1ccc(-c2nc(-c3cccc(-c4cccc5c4sc4ccccc45)c3)nc(-c3cccc4sc5c(-c6nc7ccccc7o6)cccc5c34)n2)cc1. The molecule has 53 heavy (non-hydrogen) atoms. The van der Waals surface area contributed by atoms with Crippen molar-refractivity contribution < 1.29 is 4.42 Å². The lowest BCUT2D eigenvalue weighted by Gasteiger charge is -2.11. The smallest absolute Gasteiger partial charge is 0.228 e. The number of hydrogen-bond acceptors (Lipinski definition) is 7. The van der Waals surface area contributed by atoms with Crippen LogP contribution in [0, 0.1) is 0 Å². The summed E-state index contributed by atoms with van der Waals surface area (Å²) in [6.07, 6.45) is 0. The lowest BCUT2D eigenvalue weighted by Crippen LogP contribution is -2.00. The number of benzene rings is 7. The Bertz CT molecular complexity index is 3160. The van der Waals surface area contributed by atoms with E-state index >= 15 is 0 Å². The minimum absolute atomic E-state index is 0.616. The Morgan fingerprint density at radius 1 is 0.396 bits per heavy atom. The molecule has 0 atom stereocenters. The molecule has 0 saturated heterocycles. The molecule has 0 unspecified atom stereocenters. The normalized spacial score (nSPS) is 11.8. The Kier molecular flexibility index (Phi) is 6.83. The zero-order chi connectivity index (χ0) is 34.9. The van der Waals surface area contributed by atoms with Gasteiger partial charge < -0.3 is 4.42 Å². The summed E-state index contributed by atoms with van der Waals surface area (Å²) in [5.41, 5.74) is 7.74. The molecule has 7 aromatic carbocycles. The van der Waals surface area contributed by atoms with Gasteiger partial charge in [0.1, 0.15) is 5.52 Å². The Labute approximate surface area is 311 Å². The molecule has 248 valence electrons. The molecule has 0 amide bonds. The lowest BCUT2D eigenvalue weighted by atomic mass is 10.0. The monoisotopic (exact) mass is 714 g/mol. The zero-order valence-electron chi connectivity index (χ0n) is 28.0.